The number of rotatable bonds is 5. The lowest BCUT2D eigenvalue weighted by molar-refractivity contribution is -0.145. The summed E-state index contributed by atoms with van der Waals surface area (Å²) in [5.74, 6) is -1.58. The third-order valence-electron chi connectivity index (χ3n) is 3.89. The molecule has 0 radical (unpaired) electrons. The van der Waals surface area contributed by atoms with Crippen molar-refractivity contribution in [2.45, 2.75) is 70.8 Å². The van der Waals surface area contributed by atoms with Crippen LogP contribution in [0.5, 0.6) is 0 Å². The Kier molecular flexibility index (Phi) is 5.31. The van der Waals surface area contributed by atoms with E-state index in [9.17, 15) is 14.7 Å². The molecular formula is C13H24N2O4. The second-order valence-corrected chi connectivity index (χ2v) is 5.46. The number of hydrogen-bond acceptors (Lipinski definition) is 4. The van der Waals surface area contributed by atoms with Crippen molar-refractivity contribution in [3.05, 3.63) is 0 Å². The second kappa shape index (κ2) is 6.34. The maximum Gasteiger partial charge on any atom is 0.328 e. The van der Waals surface area contributed by atoms with Gasteiger partial charge < -0.3 is 15.5 Å². The van der Waals surface area contributed by atoms with Gasteiger partial charge in [-0.25, -0.2) is 4.79 Å². The number of hydrogen-bond donors (Lipinski definition) is 3. The van der Waals surface area contributed by atoms with Crippen LogP contribution in [0.2, 0.25) is 0 Å². The molecule has 6 nitrogen and oxygen atoms in total. The molecule has 0 bridgehead atoms. The Morgan fingerprint density at radius 2 is 1.68 bits per heavy atom. The lowest BCUT2D eigenvalue weighted by Crippen LogP contribution is -2.55. The predicted octanol–water partition coefficient (Wildman–Crippen LogP) is 0.198. The van der Waals surface area contributed by atoms with E-state index in [1.54, 1.807) is 6.92 Å². The van der Waals surface area contributed by atoms with Crippen molar-refractivity contribution in [3.63, 3.8) is 0 Å². The molecule has 1 fully saturated rings. The fourth-order valence-electron chi connectivity index (χ4n) is 2.78. The van der Waals surface area contributed by atoms with E-state index in [1.807, 2.05) is 0 Å². The molecule has 0 saturated carbocycles. The summed E-state index contributed by atoms with van der Waals surface area (Å²) in [5.41, 5.74) is 0. The van der Waals surface area contributed by atoms with Gasteiger partial charge in [0.2, 0.25) is 5.91 Å². The number of carbonyl (C=O) groups is 2. The average Bonchev–Trinajstić information content (AvgIpc) is 2.63. The summed E-state index contributed by atoms with van der Waals surface area (Å²) in [6, 6.07) is -1.03. The Balaban J connectivity index is 2.69. The molecule has 19 heavy (non-hydrogen) atoms. The number of aliphatic hydroxyl groups is 1. The molecule has 0 aromatic carbocycles. The van der Waals surface area contributed by atoms with Crippen LogP contribution in [0.25, 0.3) is 0 Å². The van der Waals surface area contributed by atoms with Crippen LogP contribution in [-0.4, -0.2) is 57.3 Å². The van der Waals surface area contributed by atoms with Crippen molar-refractivity contribution in [1.82, 2.24) is 10.2 Å². The van der Waals surface area contributed by atoms with Crippen LogP contribution in [0, 0.1) is 0 Å². The number of aliphatic hydroxyl groups excluding tert-OH is 1. The molecule has 1 rings (SSSR count). The quantitative estimate of drug-likeness (QED) is 0.665. The number of carbonyl (C=O) groups excluding carboxylic acids is 1. The van der Waals surface area contributed by atoms with Crippen molar-refractivity contribution in [2.24, 2.45) is 0 Å². The Labute approximate surface area is 113 Å². The first kappa shape index (κ1) is 15.9. The van der Waals surface area contributed by atoms with Gasteiger partial charge in [-0.3, -0.25) is 9.69 Å². The van der Waals surface area contributed by atoms with Gasteiger partial charge in [-0.05, 0) is 40.5 Å². The van der Waals surface area contributed by atoms with Gasteiger partial charge in [0.1, 0.15) is 0 Å². The minimum atomic E-state index is -1.26. The van der Waals surface area contributed by atoms with E-state index in [0.29, 0.717) is 12.1 Å². The molecule has 6 heteroatoms. The zero-order valence-corrected chi connectivity index (χ0v) is 12.0. The van der Waals surface area contributed by atoms with Crippen molar-refractivity contribution in [2.75, 3.05) is 0 Å². The SMILES string of the molecule is CC(O)C(NC(=O)C(C)N1C(C)CCC1C)C(=O)O. The predicted molar refractivity (Wildman–Crippen MR) is 70.7 cm³/mol. The first-order valence-corrected chi connectivity index (χ1v) is 6.74. The highest BCUT2D eigenvalue weighted by Gasteiger charge is 2.36. The molecule has 5 unspecified atom stereocenters. The standard InChI is InChI=1S/C13H24N2O4/c1-7-5-6-8(2)15(7)9(3)12(17)14-11(10(4)16)13(18)19/h7-11,16H,5-6H2,1-4H3,(H,14,17)(H,18,19). The maximum absolute atomic E-state index is 12.1. The Morgan fingerprint density at radius 1 is 1.21 bits per heavy atom. The summed E-state index contributed by atoms with van der Waals surface area (Å²) in [6.07, 6.45) is 0.955. The number of likely N-dealkylation sites (tertiary alicyclic amines) is 1. The average molecular weight is 272 g/mol. The molecule has 1 heterocycles. The number of aliphatic carboxylic acids is 1. The molecule has 1 aliphatic heterocycles. The molecular weight excluding hydrogens is 248 g/mol. The van der Waals surface area contributed by atoms with Crippen LogP contribution in [0.4, 0.5) is 0 Å². The van der Waals surface area contributed by atoms with Gasteiger partial charge in [0.15, 0.2) is 6.04 Å². The van der Waals surface area contributed by atoms with Crippen LogP contribution in [0.15, 0.2) is 0 Å². The first-order valence-electron chi connectivity index (χ1n) is 6.74. The van der Waals surface area contributed by atoms with Crippen LogP contribution < -0.4 is 5.32 Å². The Bertz CT molecular complexity index is 336. The number of nitrogens with one attached hydrogen (secondary N) is 1. The molecule has 3 N–H and O–H groups in total. The summed E-state index contributed by atoms with van der Waals surface area (Å²) >= 11 is 0. The fraction of sp³-hybridized carbons (Fsp3) is 0.846. The monoisotopic (exact) mass is 272 g/mol. The highest BCUT2D eigenvalue weighted by molar-refractivity contribution is 5.87. The van der Waals surface area contributed by atoms with E-state index in [4.69, 9.17) is 5.11 Å². The summed E-state index contributed by atoms with van der Waals surface area (Å²) in [5, 5.41) is 20.7. The van der Waals surface area contributed by atoms with Gasteiger partial charge in [0.05, 0.1) is 12.1 Å². The first-order chi connectivity index (χ1) is 8.75. The van der Waals surface area contributed by atoms with Gasteiger partial charge in [-0.15, -0.1) is 0 Å². The summed E-state index contributed by atoms with van der Waals surface area (Å²) in [7, 11) is 0. The van der Waals surface area contributed by atoms with Gasteiger partial charge in [-0.2, -0.15) is 0 Å². The molecule has 0 spiro atoms. The lowest BCUT2D eigenvalue weighted by atomic mass is 10.1. The number of carboxylic acid groups (broad SMARTS) is 1. The van der Waals surface area contributed by atoms with Crippen LogP contribution in [-0.2, 0) is 9.59 Å². The van der Waals surface area contributed by atoms with E-state index in [0.717, 1.165) is 12.8 Å². The van der Waals surface area contributed by atoms with Crippen molar-refractivity contribution >= 4 is 11.9 Å². The summed E-state index contributed by atoms with van der Waals surface area (Å²) in [6.45, 7) is 7.26. The normalized spacial score (nSPS) is 28.7. The Morgan fingerprint density at radius 3 is 2.05 bits per heavy atom. The van der Waals surface area contributed by atoms with Crippen molar-refractivity contribution in [1.29, 1.82) is 0 Å². The zero-order valence-electron chi connectivity index (χ0n) is 12.0. The molecule has 5 atom stereocenters. The van der Waals surface area contributed by atoms with Gasteiger partial charge in [0.25, 0.3) is 0 Å². The summed E-state index contributed by atoms with van der Waals surface area (Å²) < 4.78 is 0. The third kappa shape index (κ3) is 3.67. The van der Waals surface area contributed by atoms with Crippen LogP contribution in [0.1, 0.15) is 40.5 Å². The van der Waals surface area contributed by atoms with Crippen LogP contribution >= 0.6 is 0 Å². The van der Waals surface area contributed by atoms with E-state index in [2.05, 4.69) is 24.1 Å². The van der Waals surface area contributed by atoms with Crippen molar-refractivity contribution < 1.29 is 19.8 Å². The van der Waals surface area contributed by atoms with Gasteiger partial charge in [0, 0.05) is 12.1 Å². The minimum absolute atomic E-state index is 0.311. The molecule has 1 aliphatic rings. The number of amides is 1. The highest BCUT2D eigenvalue weighted by atomic mass is 16.4. The molecule has 110 valence electrons. The molecule has 0 aromatic rings. The largest absolute Gasteiger partial charge is 0.480 e. The van der Waals surface area contributed by atoms with Crippen molar-refractivity contribution in [3.8, 4) is 0 Å². The fourth-order valence-corrected chi connectivity index (χ4v) is 2.78. The number of nitrogens with zero attached hydrogens (tertiary/aromatic N) is 1. The number of carboxylic acids is 1. The van der Waals surface area contributed by atoms with E-state index in [1.165, 1.54) is 6.92 Å². The summed E-state index contributed by atoms with van der Waals surface area (Å²) in [4.78, 5) is 25.2. The smallest absolute Gasteiger partial charge is 0.328 e. The third-order valence-corrected chi connectivity index (χ3v) is 3.89. The molecule has 1 saturated heterocycles. The Hall–Kier alpha value is -1.14. The minimum Gasteiger partial charge on any atom is -0.480 e. The highest BCUT2D eigenvalue weighted by Crippen LogP contribution is 2.25. The lowest BCUT2D eigenvalue weighted by Gasteiger charge is -2.32. The maximum atomic E-state index is 12.1. The topological polar surface area (TPSA) is 89.9 Å². The van der Waals surface area contributed by atoms with E-state index in [-0.39, 0.29) is 5.91 Å². The van der Waals surface area contributed by atoms with Gasteiger partial charge in [-0.1, -0.05) is 0 Å². The van der Waals surface area contributed by atoms with E-state index < -0.39 is 24.2 Å². The van der Waals surface area contributed by atoms with E-state index >= 15 is 0 Å². The molecule has 1 amide bonds. The molecule has 0 aromatic heterocycles. The molecule has 0 aliphatic carbocycles. The van der Waals surface area contributed by atoms with Crippen LogP contribution in [0.3, 0.4) is 0 Å². The zero-order chi connectivity index (χ0) is 14.7. The van der Waals surface area contributed by atoms with Gasteiger partial charge >= 0.3 is 5.97 Å². The second-order valence-electron chi connectivity index (χ2n) is 5.46.